The highest BCUT2D eigenvalue weighted by atomic mass is 19.1. The lowest BCUT2D eigenvalue weighted by Crippen LogP contribution is -2.24. The minimum Gasteiger partial charge on any atom is -0.329 e. The molecule has 2 aromatic rings. The predicted octanol–water partition coefficient (Wildman–Crippen LogP) is 3.80. The van der Waals surface area contributed by atoms with E-state index in [1.54, 1.807) is 6.07 Å². The van der Waals surface area contributed by atoms with Crippen LogP contribution in [-0.2, 0) is 6.54 Å². The molecule has 0 aliphatic carbocycles. The number of anilines is 2. The lowest BCUT2D eigenvalue weighted by atomic mass is 10.2. The quantitative estimate of drug-likeness (QED) is 0.906. The zero-order valence-electron chi connectivity index (χ0n) is 13.0. The van der Waals surface area contributed by atoms with Crippen LogP contribution in [0.1, 0.15) is 25.0 Å². The minimum absolute atomic E-state index is 0.309. The third-order valence-corrected chi connectivity index (χ3v) is 3.35. The Balaban J connectivity index is 2.30. The first-order chi connectivity index (χ1) is 9.97. The average Bonchev–Trinajstić information content (AvgIpc) is 2.45. The van der Waals surface area contributed by atoms with Gasteiger partial charge in [-0.1, -0.05) is 31.5 Å². The number of nitrogens with one attached hydrogen (secondary N) is 1. The normalized spacial score (nSPS) is 11.0. The molecule has 1 aromatic heterocycles. The Morgan fingerprint density at radius 1 is 1.24 bits per heavy atom. The fourth-order valence-electron chi connectivity index (χ4n) is 2.11. The number of benzene rings is 1. The molecule has 2 rings (SSSR count). The van der Waals surface area contributed by atoms with Crippen LogP contribution in [0.5, 0.6) is 0 Å². The summed E-state index contributed by atoms with van der Waals surface area (Å²) in [6, 6.07) is 10.1. The third-order valence-electron chi connectivity index (χ3n) is 3.35. The molecule has 1 heterocycles. The Morgan fingerprint density at radius 2 is 1.90 bits per heavy atom. The van der Waals surface area contributed by atoms with E-state index in [2.05, 4.69) is 43.2 Å². The molecule has 0 saturated heterocycles. The number of aromatic nitrogens is 1. The molecule has 1 N–H and O–H groups in total. The molecule has 0 aliphatic heterocycles. The summed E-state index contributed by atoms with van der Waals surface area (Å²) in [5.74, 6) is 0.463. The van der Waals surface area contributed by atoms with Crippen LogP contribution in [0.25, 0.3) is 0 Å². The molecule has 0 aliphatic rings. The Bertz CT molecular complexity index is 593. The molecule has 1 aromatic carbocycles. The van der Waals surface area contributed by atoms with E-state index >= 15 is 0 Å². The monoisotopic (exact) mass is 287 g/mol. The van der Waals surface area contributed by atoms with Gasteiger partial charge in [0.05, 0.1) is 6.20 Å². The topological polar surface area (TPSA) is 28.2 Å². The van der Waals surface area contributed by atoms with Crippen molar-refractivity contribution in [3.05, 3.63) is 53.5 Å². The Labute approximate surface area is 125 Å². The van der Waals surface area contributed by atoms with E-state index < -0.39 is 0 Å². The van der Waals surface area contributed by atoms with Gasteiger partial charge in [-0.2, -0.15) is 0 Å². The van der Waals surface area contributed by atoms with Crippen LogP contribution < -0.4 is 10.2 Å². The van der Waals surface area contributed by atoms with Crippen molar-refractivity contribution in [2.24, 2.45) is 0 Å². The van der Waals surface area contributed by atoms with Crippen LogP contribution in [0.2, 0.25) is 0 Å². The second kappa shape index (κ2) is 6.68. The van der Waals surface area contributed by atoms with Gasteiger partial charge in [-0.05, 0) is 25.1 Å². The van der Waals surface area contributed by atoms with Crippen molar-refractivity contribution in [1.29, 1.82) is 0 Å². The number of pyridine rings is 1. The van der Waals surface area contributed by atoms with Crippen LogP contribution in [0.4, 0.5) is 15.9 Å². The molecule has 0 bridgehead atoms. The third kappa shape index (κ3) is 4.02. The van der Waals surface area contributed by atoms with Gasteiger partial charge in [0.15, 0.2) is 0 Å². The van der Waals surface area contributed by atoms with Gasteiger partial charge in [-0.3, -0.25) is 0 Å². The lowest BCUT2D eigenvalue weighted by Gasteiger charge is -2.22. The summed E-state index contributed by atoms with van der Waals surface area (Å²) in [5.41, 5.74) is 3.10. The molecule has 0 radical (unpaired) electrons. The molecule has 0 amide bonds. The minimum atomic E-state index is -0.309. The van der Waals surface area contributed by atoms with Crippen molar-refractivity contribution < 1.29 is 4.39 Å². The first kappa shape index (κ1) is 15.4. The molecular formula is C17H22FN3. The summed E-state index contributed by atoms with van der Waals surface area (Å²) >= 11 is 0. The average molecular weight is 287 g/mol. The molecule has 0 spiro atoms. The summed E-state index contributed by atoms with van der Waals surface area (Å²) in [6.45, 7) is 6.78. The van der Waals surface area contributed by atoms with Crippen molar-refractivity contribution in [3.63, 3.8) is 0 Å². The maximum Gasteiger partial charge on any atom is 0.141 e. The molecule has 3 nitrogen and oxygen atoms in total. The first-order valence-corrected chi connectivity index (χ1v) is 7.15. The van der Waals surface area contributed by atoms with E-state index in [0.717, 1.165) is 17.1 Å². The van der Waals surface area contributed by atoms with Crippen LogP contribution in [0.3, 0.4) is 0 Å². The number of hydrogen-bond donors (Lipinski definition) is 1. The van der Waals surface area contributed by atoms with Crippen LogP contribution in [-0.4, -0.2) is 18.1 Å². The van der Waals surface area contributed by atoms with Crippen LogP contribution in [0, 0.1) is 12.7 Å². The van der Waals surface area contributed by atoms with Crippen molar-refractivity contribution >= 4 is 11.5 Å². The number of rotatable bonds is 5. The standard InChI is InChI=1S/C17H22FN3/c1-12(2)19-10-14-9-15(18)11-20-17(14)21(4)16-7-5-13(3)6-8-16/h5-9,11-12,19H,10H2,1-4H3. The zero-order chi connectivity index (χ0) is 15.4. The van der Waals surface area contributed by atoms with Crippen LogP contribution in [0.15, 0.2) is 36.5 Å². The molecule has 21 heavy (non-hydrogen) atoms. The summed E-state index contributed by atoms with van der Waals surface area (Å²) in [4.78, 5) is 6.25. The number of nitrogens with zero attached hydrogens (tertiary/aromatic N) is 2. The van der Waals surface area contributed by atoms with E-state index in [-0.39, 0.29) is 5.82 Å². The van der Waals surface area contributed by atoms with E-state index in [4.69, 9.17) is 0 Å². The summed E-state index contributed by atoms with van der Waals surface area (Å²) in [6.07, 6.45) is 1.26. The number of aryl methyl sites for hydroxylation is 1. The SMILES string of the molecule is Cc1ccc(N(C)c2ncc(F)cc2CNC(C)C)cc1. The molecular weight excluding hydrogens is 265 g/mol. The zero-order valence-corrected chi connectivity index (χ0v) is 13.0. The molecule has 4 heteroatoms. The molecule has 112 valence electrons. The van der Waals surface area contributed by atoms with Gasteiger partial charge in [-0.15, -0.1) is 0 Å². The van der Waals surface area contributed by atoms with Crippen molar-refractivity contribution in [2.75, 3.05) is 11.9 Å². The second-order valence-corrected chi connectivity index (χ2v) is 5.57. The number of halogens is 1. The smallest absolute Gasteiger partial charge is 0.141 e. The maximum atomic E-state index is 13.5. The van der Waals surface area contributed by atoms with Crippen molar-refractivity contribution in [2.45, 2.75) is 33.4 Å². The van der Waals surface area contributed by atoms with E-state index in [1.807, 2.05) is 24.1 Å². The summed E-state index contributed by atoms with van der Waals surface area (Å²) < 4.78 is 13.5. The fraction of sp³-hybridized carbons (Fsp3) is 0.353. The molecule has 0 unspecified atom stereocenters. The van der Waals surface area contributed by atoms with E-state index in [1.165, 1.54) is 11.8 Å². The number of hydrogen-bond acceptors (Lipinski definition) is 3. The van der Waals surface area contributed by atoms with Gasteiger partial charge in [0.1, 0.15) is 11.6 Å². The van der Waals surface area contributed by atoms with Crippen molar-refractivity contribution in [3.8, 4) is 0 Å². The van der Waals surface area contributed by atoms with Gasteiger partial charge in [0, 0.05) is 30.9 Å². The highest BCUT2D eigenvalue weighted by molar-refractivity contribution is 5.62. The Kier molecular flexibility index (Phi) is 4.91. The molecule has 0 atom stereocenters. The highest BCUT2D eigenvalue weighted by Gasteiger charge is 2.12. The molecule has 0 saturated carbocycles. The van der Waals surface area contributed by atoms with E-state index in [9.17, 15) is 4.39 Å². The van der Waals surface area contributed by atoms with Crippen LogP contribution >= 0.6 is 0 Å². The summed E-state index contributed by atoms with van der Waals surface area (Å²) in [7, 11) is 1.95. The Hall–Kier alpha value is -1.94. The van der Waals surface area contributed by atoms with Crippen molar-refractivity contribution in [1.82, 2.24) is 10.3 Å². The summed E-state index contributed by atoms with van der Waals surface area (Å²) in [5, 5.41) is 3.31. The maximum absolute atomic E-state index is 13.5. The predicted molar refractivity (Wildman–Crippen MR) is 85.4 cm³/mol. The Morgan fingerprint density at radius 3 is 2.52 bits per heavy atom. The second-order valence-electron chi connectivity index (χ2n) is 5.57. The van der Waals surface area contributed by atoms with Gasteiger partial charge >= 0.3 is 0 Å². The highest BCUT2D eigenvalue weighted by Crippen LogP contribution is 2.25. The van der Waals surface area contributed by atoms with E-state index in [0.29, 0.717) is 12.6 Å². The first-order valence-electron chi connectivity index (χ1n) is 7.15. The van der Waals surface area contributed by atoms with Gasteiger partial charge in [0.25, 0.3) is 0 Å². The van der Waals surface area contributed by atoms with Gasteiger partial charge in [-0.25, -0.2) is 9.37 Å². The largest absolute Gasteiger partial charge is 0.329 e. The van der Waals surface area contributed by atoms with Gasteiger partial charge < -0.3 is 10.2 Å². The lowest BCUT2D eigenvalue weighted by molar-refractivity contribution is 0.578. The molecule has 0 fully saturated rings. The van der Waals surface area contributed by atoms with Gasteiger partial charge in [0.2, 0.25) is 0 Å². The fourth-order valence-corrected chi connectivity index (χ4v) is 2.11.